The fraction of sp³-hybridized carbons (Fsp3) is 0.375. The van der Waals surface area contributed by atoms with Gasteiger partial charge in [0.15, 0.2) is 0 Å². The molecule has 0 radical (unpaired) electrons. The highest BCUT2D eigenvalue weighted by atomic mass is 32.2. The number of benzene rings is 1. The molecular weight excluding hydrogens is 305 g/mol. The SMILES string of the molecule is O=C1C(=O)c2ccc(F)cc2C2=C1SCC1(CCNCC1)O2. The van der Waals surface area contributed by atoms with Crippen molar-refractivity contribution in [2.75, 3.05) is 18.8 Å². The van der Waals surface area contributed by atoms with Gasteiger partial charge in [0.2, 0.25) is 11.6 Å². The van der Waals surface area contributed by atoms with Gasteiger partial charge in [0.25, 0.3) is 0 Å². The number of hydrogen-bond donors (Lipinski definition) is 1. The Morgan fingerprint density at radius 3 is 2.68 bits per heavy atom. The highest BCUT2D eigenvalue weighted by Gasteiger charge is 2.45. The first-order valence-corrected chi connectivity index (χ1v) is 8.24. The molecule has 0 bridgehead atoms. The van der Waals surface area contributed by atoms with Crippen molar-refractivity contribution in [2.45, 2.75) is 18.4 Å². The monoisotopic (exact) mass is 319 g/mol. The maximum absolute atomic E-state index is 13.6. The van der Waals surface area contributed by atoms with Crippen LogP contribution in [0.3, 0.4) is 0 Å². The predicted octanol–water partition coefficient (Wildman–Crippen LogP) is 2.15. The molecule has 114 valence electrons. The molecule has 3 aliphatic rings. The van der Waals surface area contributed by atoms with E-state index >= 15 is 0 Å². The molecule has 6 heteroatoms. The van der Waals surface area contributed by atoms with Crippen LogP contribution in [0, 0.1) is 5.82 Å². The molecule has 22 heavy (non-hydrogen) atoms. The molecule has 1 aliphatic carbocycles. The average Bonchev–Trinajstić information content (AvgIpc) is 2.53. The predicted molar refractivity (Wildman–Crippen MR) is 81.0 cm³/mol. The smallest absolute Gasteiger partial charge is 0.243 e. The van der Waals surface area contributed by atoms with Crippen LogP contribution in [0.25, 0.3) is 5.76 Å². The van der Waals surface area contributed by atoms with Crippen LogP contribution in [0.15, 0.2) is 23.1 Å². The van der Waals surface area contributed by atoms with Crippen molar-refractivity contribution in [3.8, 4) is 0 Å². The summed E-state index contributed by atoms with van der Waals surface area (Å²) in [4.78, 5) is 24.8. The van der Waals surface area contributed by atoms with Gasteiger partial charge < -0.3 is 10.1 Å². The highest BCUT2D eigenvalue weighted by Crippen LogP contribution is 2.46. The van der Waals surface area contributed by atoms with Gasteiger partial charge in [-0.2, -0.15) is 0 Å². The van der Waals surface area contributed by atoms with Gasteiger partial charge >= 0.3 is 0 Å². The Morgan fingerprint density at radius 2 is 1.91 bits per heavy atom. The molecule has 0 saturated carbocycles. The molecule has 1 fully saturated rings. The van der Waals surface area contributed by atoms with Crippen molar-refractivity contribution in [3.63, 3.8) is 0 Å². The van der Waals surface area contributed by atoms with E-state index < -0.39 is 17.4 Å². The number of hydrogen-bond acceptors (Lipinski definition) is 5. The summed E-state index contributed by atoms with van der Waals surface area (Å²) in [6.07, 6.45) is 1.67. The van der Waals surface area contributed by atoms with Gasteiger partial charge in [0.05, 0.1) is 0 Å². The van der Waals surface area contributed by atoms with Crippen molar-refractivity contribution in [3.05, 3.63) is 40.0 Å². The molecule has 2 aliphatic heterocycles. The second-order valence-electron chi connectivity index (χ2n) is 5.83. The Balaban J connectivity index is 1.83. The van der Waals surface area contributed by atoms with E-state index in [9.17, 15) is 14.0 Å². The lowest BCUT2D eigenvalue weighted by atomic mass is 9.90. The van der Waals surface area contributed by atoms with Gasteiger partial charge in [-0.15, -0.1) is 11.8 Å². The Morgan fingerprint density at radius 1 is 1.14 bits per heavy atom. The second kappa shape index (κ2) is 4.93. The fourth-order valence-corrected chi connectivity index (χ4v) is 4.43. The lowest BCUT2D eigenvalue weighted by Crippen LogP contribution is -2.48. The van der Waals surface area contributed by atoms with Crippen LogP contribution >= 0.6 is 11.8 Å². The number of Topliss-reactive ketones (excluding diaryl/α,β-unsaturated/α-hetero) is 2. The third kappa shape index (κ3) is 2.01. The zero-order chi connectivity index (χ0) is 15.3. The quantitative estimate of drug-likeness (QED) is 0.743. The number of allylic oxidation sites excluding steroid dienone is 1. The highest BCUT2D eigenvalue weighted by molar-refractivity contribution is 8.04. The molecule has 4 rings (SSSR count). The summed E-state index contributed by atoms with van der Waals surface area (Å²) in [5, 5.41) is 3.29. The number of halogens is 1. The van der Waals surface area contributed by atoms with Crippen LogP contribution in [0.5, 0.6) is 0 Å². The minimum Gasteiger partial charge on any atom is -0.484 e. The molecule has 1 N–H and O–H groups in total. The number of ketones is 2. The van der Waals surface area contributed by atoms with Crippen molar-refractivity contribution in [2.24, 2.45) is 0 Å². The molecule has 0 atom stereocenters. The number of carbonyl (C=O) groups excluding carboxylic acids is 2. The summed E-state index contributed by atoms with van der Waals surface area (Å²) in [5.74, 6) is -0.519. The van der Waals surface area contributed by atoms with Gasteiger partial charge in [-0.3, -0.25) is 9.59 Å². The molecule has 0 amide bonds. The van der Waals surface area contributed by atoms with Crippen LogP contribution in [-0.2, 0) is 9.53 Å². The number of ether oxygens (including phenoxy) is 1. The lowest BCUT2D eigenvalue weighted by Gasteiger charge is -2.42. The summed E-state index contributed by atoms with van der Waals surface area (Å²) in [5.41, 5.74) is 0.306. The van der Waals surface area contributed by atoms with E-state index in [4.69, 9.17) is 4.74 Å². The van der Waals surface area contributed by atoms with Gasteiger partial charge in [-0.05, 0) is 31.3 Å². The zero-order valence-corrected chi connectivity index (χ0v) is 12.6. The number of carbonyl (C=O) groups is 2. The second-order valence-corrected chi connectivity index (χ2v) is 6.82. The number of rotatable bonds is 0. The molecule has 2 heterocycles. The fourth-order valence-electron chi connectivity index (χ4n) is 3.16. The summed E-state index contributed by atoms with van der Waals surface area (Å²) < 4.78 is 19.8. The van der Waals surface area contributed by atoms with Crippen molar-refractivity contribution in [1.82, 2.24) is 5.32 Å². The van der Waals surface area contributed by atoms with E-state index in [0.29, 0.717) is 22.0 Å². The van der Waals surface area contributed by atoms with Gasteiger partial charge in [-0.1, -0.05) is 0 Å². The van der Waals surface area contributed by atoms with E-state index in [2.05, 4.69) is 5.32 Å². The number of fused-ring (bicyclic) bond motifs is 2. The first-order chi connectivity index (χ1) is 10.6. The first kappa shape index (κ1) is 14.0. The first-order valence-electron chi connectivity index (χ1n) is 7.25. The molecule has 1 aromatic carbocycles. The van der Waals surface area contributed by atoms with Gasteiger partial charge in [-0.25, -0.2) is 4.39 Å². The van der Waals surface area contributed by atoms with Crippen LogP contribution in [-0.4, -0.2) is 36.0 Å². The molecule has 1 saturated heterocycles. The average molecular weight is 319 g/mol. The van der Waals surface area contributed by atoms with Crippen LogP contribution in [0.2, 0.25) is 0 Å². The molecule has 0 aromatic heterocycles. The van der Waals surface area contributed by atoms with Crippen molar-refractivity contribution >= 4 is 29.1 Å². The van der Waals surface area contributed by atoms with E-state index in [1.807, 2.05) is 0 Å². The molecular formula is C16H14FNO3S. The van der Waals surface area contributed by atoms with E-state index in [1.165, 1.54) is 30.0 Å². The van der Waals surface area contributed by atoms with Crippen LogP contribution < -0.4 is 5.32 Å². The summed E-state index contributed by atoms with van der Waals surface area (Å²) in [6, 6.07) is 3.86. The summed E-state index contributed by atoms with van der Waals surface area (Å²) in [6.45, 7) is 1.71. The molecule has 0 unspecified atom stereocenters. The summed E-state index contributed by atoms with van der Waals surface area (Å²) in [7, 11) is 0. The Hall–Kier alpha value is -1.66. The Labute approximate surface area is 131 Å². The van der Waals surface area contributed by atoms with E-state index in [-0.39, 0.29) is 11.2 Å². The van der Waals surface area contributed by atoms with Crippen LogP contribution in [0.4, 0.5) is 4.39 Å². The topological polar surface area (TPSA) is 55.4 Å². The normalized spacial score (nSPS) is 23.1. The Bertz CT molecular complexity index is 722. The number of nitrogens with one attached hydrogen (secondary N) is 1. The van der Waals surface area contributed by atoms with E-state index in [0.717, 1.165) is 25.9 Å². The number of piperidine rings is 1. The third-order valence-corrected chi connectivity index (χ3v) is 5.73. The van der Waals surface area contributed by atoms with Crippen LogP contribution in [0.1, 0.15) is 28.8 Å². The third-order valence-electron chi connectivity index (χ3n) is 4.40. The largest absolute Gasteiger partial charge is 0.484 e. The van der Waals surface area contributed by atoms with Gasteiger partial charge in [0, 0.05) is 29.7 Å². The van der Waals surface area contributed by atoms with Crippen molar-refractivity contribution in [1.29, 1.82) is 0 Å². The van der Waals surface area contributed by atoms with Crippen molar-refractivity contribution < 1.29 is 18.7 Å². The summed E-state index contributed by atoms with van der Waals surface area (Å²) >= 11 is 1.37. The minimum absolute atomic E-state index is 0.233. The molecule has 4 nitrogen and oxygen atoms in total. The Kier molecular flexibility index (Phi) is 3.13. The maximum Gasteiger partial charge on any atom is 0.243 e. The number of thioether (sulfide) groups is 1. The zero-order valence-electron chi connectivity index (χ0n) is 11.8. The van der Waals surface area contributed by atoms with Gasteiger partial charge in [0.1, 0.15) is 22.1 Å². The maximum atomic E-state index is 13.6. The minimum atomic E-state index is -0.578. The molecule has 1 spiro atoms. The van der Waals surface area contributed by atoms with E-state index in [1.54, 1.807) is 0 Å². The molecule has 1 aromatic rings. The lowest BCUT2D eigenvalue weighted by molar-refractivity contribution is -0.111. The standard InChI is InChI=1S/C16H14FNO3S/c17-9-1-2-10-11(7-9)14-15(13(20)12(10)19)22-8-16(21-14)3-5-18-6-4-16/h1-2,7,18H,3-6,8H2.